The molecule has 6 heteroatoms. The maximum atomic E-state index is 13.0. The second-order valence-electron chi connectivity index (χ2n) is 9.49. The highest BCUT2D eigenvalue weighted by molar-refractivity contribution is 5.97. The summed E-state index contributed by atoms with van der Waals surface area (Å²) in [6, 6.07) is 22.0. The van der Waals surface area contributed by atoms with E-state index in [4.69, 9.17) is 9.72 Å². The number of aromatic nitrogens is 2. The van der Waals surface area contributed by atoms with Crippen molar-refractivity contribution in [3.05, 3.63) is 89.2 Å². The van der Waals surface area contributed by atoms with Crippen molar-refractivity contribution >= 4 is 22.6 Å². The zero-order chi connectivity index (χ0) is 24.5. The van der Waals surface area contributed by atoms with Gasteiger partial charge in [0, 0.05) is 24.6 Å². The molecule has 6 nitrogen and oxygen atoms in total. The van der Waals surface area contributed by atoms with Crippen LogP contribution in [0.3, 0.4) is 0 Å². The molecule has 1 N–H and O–H groups in total. The van der Waals surface area contributed by atoms with E-state index in [2.05, 4.69) is 4.57 Å². The SMILES string of the molecule is Cc1ccc(C)c(OC[C@@H](O)Cn2c([C@H]3CC(=O)N(c4ccccc4C)C3)nc3ccccc32)c1. The van der Waals surface area contributed by atoms with E-state index in [1.807, 2.05) is 92.4 Å². The molecule has 0 radical (unpaired) electrons. The Labute approximate surface area is 205 Å². The summed E-state index contributed by atoms with van der Waals surface area (Å²) in [6.45, 7) is 7.14. The molecular formula is C29H31N3O3. The van der Waals surface area contributed by atoms with Gasteiger partial charge in [-0.25, -0.2) is 4.98 Å². The normalized spacial score (nSPS) is 16.7. The van der Waals surface area contributed by atoms with Crippen molar-refractivity contribution in [3.8, 4) is 5.75 Å². The van der Waals surface area contributed by atoms with E-state index in [9.17, 15) is 9.90 Å². The molecule has 1 saturated heterocycles. The lowest BCUT2D eigenvalue weighted by atomic mass is 10.1. The van der Waals surface area contributed by atoms with Gasteiger partial charge >= 0.3 is 0 Å². The van der Waals surface area contributed by atoms with Crippen LogP contribution in [-0.2, 0) is 11.3 Å². The summed E-state index contributed by atoms with van der Waals surface area (Å²) in [7, 11) is 0. The first-order chi connectivity index (χ1) is 16.9. The molecule has 0 aliphatic carbocycles. The third kappa shape index (κ3) is 4.66. The number of rotatable bonds is 7. The molecule has 3 aromatic carbocycles. The fourth-order valence-corrected chi connectivity index (χ4v) is 4.89. The van der Waals surface area contributed by atoms with E-state index in [-0.39, 0.29) is 18.4 Å². The molecule has 5 rings (SSSR count). The summed E-state index contributed by atoms with van der Waals surface area (Å²) in [5.41, 5.74) is 6.00. The van der Waals surface area contributed by atoms with Gasteiger partial charge in [0.1, 0.15) is 24.3 Å². The lowest BCUT2D eigenvalue weighted by Gasteiger charge is -2.20. The van der Waals surface area contributed by atoms with Crippen LogP contribution >= 0.6 is 0 Å². The van der Waals surface area contributed by atoms with E-state index < -0.39 is 6.10 Å². The average molecular weight is 470 g/mol. The Morgan fingerprint density at radius 1 is 1.03 bits per heavy atom. The fourth-order valence-electron chi connectivity index (χ4n) is 4.89. The van der Waals surface area contributed by atoms with Crippen LogP contribution in [0.5, 0.6) is 5.75 Å². The number of hydrogen-bond donors (Lipinski definition) is 1. The first-order valence-electron chi connectivity index (χ1n) is 12.1. The molecule has 1 aliphatic heterocycles. The molecule has 4 aromatic rings. The van der Waals surface area contributed by atoms with E-state index in [1.165, 1.54) is 0 Å². The summed E-state index contributed by atoms with van der Waals surface area (Å²) in [5.74, 6) is 1.67. The number of para-hydroxylation sites is 3. The van der Waals surface area contributed by atoms with Crippen molar-refractivity contribution in [2.45, 2.75) is 45.8 Å². The van der Waals surface area contributed by atoms with Crippen LogP contribution in [0.4, 0.5) is 5.69 Å². The Morgan fingerprint density at radius 2 is 1.80 bits per heavy atom. The van der Waals surface area contributed by atoms with Crippen LogP contribution in [0.25, 0.3) is 11.0 Å². The highest BCUT2D eigenvalue weighted by Crippen LogP contribution is 2.34. The standard InChI is InChI=1S/C29H31N3O3/c1-19-12-13-21(3)27(14-19)35-18-23(33)17-32-26-11-7-5-9-24(26)30-29(32)22-15-28(34)31(16-22)25-10-6-4-8-20(25)2/h4-14,22-23,33H,15-18H2,1-3H3/t22-,23-/m0/s1. The number of imidazole rings is 1. The van der Waals surface area contributed by atoms with Crippen LogP contribution in [0.1, 0.15) is 34.9 Å². The van der Waals surface area contributed by atoms with Gasteiger partial charge in [0.15, 0.2) is 0 Å². The number of hydrogen-bond acceptors (Lipinski definition) is 4. The minimum absolute atomic E-state index is 0.0540. The molecule has 0 bridgehead atoms. The van der Waals surface area contributed by atoms with Gasteiger partial charge in [-0.15, -0.1) is 0 Å². The quantitative estimate of drug-likeness (QED) is 0.417. The summed E-state index contributed by atoms with van der Waals surface area (Å²) in [6.07, 6.45) is -0.330. The third-order valence-electron chi connectivity index (χ3n) is 6.75. The molecule has 1 amide bonds. The maximum absolute atomic E-state index is 13.0. The largest absolute Gasteiger partial charge is 0.491 e. The van der Waals surface area contributed by atoms with E-state index in [1.54, 1.807) is 0 Å². The van der Waals surface area contributed by atoms with Gasteiger partial charge < -0.3 is 19.3 Å². The molecule has 0 saturated carbocycles. The van der Waals surface area contributed by atoms with Crippen molar-refractivity contribution in [1.29, 1.82) is 0 Å². The van der Waals surface area contributed by atoms with Gasteiger partial charge in [-0.3, -0.25) is 4.79 Å². The second-order valence-corrected chi connectivity index (χ2v) is 9.49. The number of amides is 1. The Hall–Kier alpha value is -3.64. The fraction of sp³-hybridized carbons (Fsp3) is 0.310. The Bertz CT molecular complexity index is 1380. The molecule has 0 unspecified atom stereocenters. The maximum Gasteiger partial charge on any atom is 0.227 e. The lowest BCUT2D eigenvalue weighted by Crippen LogP contribution is -2.27. The van der Waals surface area contributed by atoms with Crippen LogP contribution < -0.4 is 9.64 Å². The number of anilines is 1. The number of nitrogens with zero attached hydrogens (tertiary/aromatic N) is 3. The smallest absolute Gasteiger partial charge is 0.227 e. The topological polar surface area (TPSA) is 67.6 Å². The number of benzene rings is 3. The monoisotopic (exact) mass is 469 g/mol. The molecular weight excluding hydrogens is 438 g/mol. The van der Waals surface area contributed by atoms with Crippen LogP contribution in [0.15, 0.2) is 66.7 Å². The molecule has 1 aliphatic rings. The third-order valence-corrected chi connectivity index (χ3v) is 6.75. The van der Waals surface area contributed by atoms with Gasteiger partial charge in [0.2, 0.25) is 5.91 Å². The molecule has 2 heterocycles. The van der Waals surface area contributed by atoms with Gasteiger partial charge in [-0.2, -0.15) is 0 Å². The zero-order valence-corrected chi connectivity index (χ0v) is 20.4. The summed E-state index contributed by atoms with van der Waals surface area (Å²) in [5, 5.41) is 10.9. The number of carbonyl (C=O) groups is 1. The number of aliphatic hydroxyl groups excluding tert-OH is 1. The molecule has 35 heavy (non-hydrogen) atoms. The number of fused-ring (bicyclic) bond motifs is 1. The Morgan fingerprint density at radius 3 is 2.63 bits per heavy atom. The zero-order valence-electron chi connectivity index (χ0n) is 20.4. The van der Waals surface area contributed by atoms with E-state index in [0.717, 1.165) is 45.0 Å². The number of ether oxygens (including phenoxy) is 1. The lowest BCUT2D eigenvalue weighted by molar-refractivity contribution is -0.117. The molecule has 1 fully saturated rings. The average Bonchev–Trinajstić information content (AvgIpc) is 3.40. The summed E-state index contributed by atoms with van der Waals surface area (Å²) >= 11 is 0. The minimum Gasteiger partial charge on any atom is -0.491 e. The number of carbonyl (C=O) groups excluding carboxylic acids is 1. The Kier molecular flexibility index (Phi) is 6.31. The van der Waals surface area contributed by atoms with Gasteiger partial charge in [-0.05, 0) is 61.7 Å². The molecule has 0 spiro atoms. The molecule has 2 atom stereocenters. The highest BCUT2D eigenvalue weighted by Gasteiger charge is 2.35. The van der Waals surface area contributed by atoms with Gasteiger partial charge in [-0.1, -0.05) is 42.5 Å². The predicted molar refractivity (Wildman–Crippen MR) is 138 cm³/mol. The second kappa shape index (κ2) is 9.55. The predicted octanol–water partition coefficient (Wildman–Crippen LogP) is 4.92. The van der Waals surface area contributed by atoms with Gasteiger partial charge in [0.25, 0.3) is 0 Å². The van der Waals surface area contributed by atoms with Crippen LogP contribution in [0, 0.1) is 20.8 Å². The molecule has 180 valence electrons. The summed E-state index contributed by atoms with van der Waals surface area (Å²) in [4.78, 5) is 19.8. The van der Waals surface area contributed by atoms with Crippen molar-refractivity contribution < 1.29 is 14.6 Å². The number of aliphatic hydroxyl groups is 1. The van der Waals surface area contributed by atoms with Crippen molar-refractivity contribution in [2.24, 2.45) is 0 Å². The first kappa shape index (κ1) is 23.1. The van der Waals surface area contributed by atoms with Crippen LogP contribution in [-0.4, -0.2) is 39.8 Å². The Balaban J connectivity index is 1.39. The number of aryl methyl sites for hydroxylation is 3. The minimum atomic E-state index is -0.726. The van der Waals surface area contributed by atoms with Crippen LogP contribution in [0.2, 0.25) is 0 Å². The highest BCUT2D eigenvalue weighted by atomic mass is 16.5. The van der Waals surface area contributed by atoms with E-state index >= 15 is 0 Å². The summed E-state index contributed by atoms with van der Waals surface area (Å²) < 4.78 is 8.03. The van der Waals surface area contributed by atoms with Crippen molar-refractivity contribution in [1.82, 2.24) is 9.55 Å². The first-order valence-corrected chi connectivity index (χ1v) is 12.1. The van der Waals surface area contributed by atoms with Crippen molar-refractivity contribution in [2.75, 3.05) is 18.1 Å². The molecule has 1 aromatic heterocycles. The van der Waals surface area contributed by atoms with Gasteiger partial charge in [0.05, 0.1) is 17.6 Å². The van der Waals surface area contributed by atoms with Crippen molar-refractivity contribution in [3.63, 3.8) is 0 Å². The van der Waals surface area contributed by atoms with E-state index in [0.29, 0.717) is 19.5 Å².